The summed E-state index contributed by atoms with van der Waals surface area (Å²) in [4.78, 5) is 13.3. The van der Waals surface area contributed by atoms with E-state index >= 15 is 0 Å². The Morgan fingerprint density at radius 2 is 1.56 bits per heavy atom. The van der Waals surface area contributed by atoms with Crippen molar-refractivity contribution in [3.63, 3.8) is 0 Å². The maximum Gasteiger partial charge on any atom is 0.261 e. The maximum absolute atomic E-state index is 13.3. The fourth-order valence-electron chi connectivity index (χ4n) is 5.45. The summed E-state index contributed by atoms with van der Waals surface area (Å²) in [5.41, 5.74) is -1.44. The molecule has 2 aromatic carbocycles. The monoisotopic (exact) mass is 452 g/mol. The van der Waals surface area contributed by atoms with Crippen LogP contribution in [-0.2, 0) is 18.7 Å². The van der Waals surface area contributed by atoms with Crippen LogP contribution in [0.1, 0.15) is 53.9 Å². The second-order valence-corrected chi connectivity index (χ2v) is 15.0. The molecule has 0 aliphatic carbocycles. The second kappa shape index (κ2) is 8.53. The van der Waals surface area contributed by atoms with Crippen LogP contribution in [0.4, 0.5) is 0 Å². The number of ketones is 1. The van der Waals surface area contributed by atoms with Crippen LogP contribution in [0.3, 0.4) is 0 Å². The van der Waals surface area contributed by atoms with Gasteiger partial charge in [-0.2, -0.15) is 0 Å². The number of hydrogen-bond acceptors (Lipinski definition) is 4. The van der Waals surface area contributed by atoms with Gasteiger partial charge in [-0.1, -0.05) is 81.4 Å². The van der Waals surface area contributed by atoms with Gasteiger partial charge >= 0.3 is 0 Å². The van der Waals surface area contributed by atoms with Gasteiger partial charge in [0.25, 0.3) is 8.32 Å². The molecule has 2 aliphatic rings. The lowest BCUT2D eigenvalue weighted by Crippen LogP contribution is -2.69. The third-order valence-electron chi connectivity index (χ3n) is 7.22. The molecule has 0 unspecified atom stereocenters. The van der Waals surface area contributed by atoms with Gasteiger partial charge in [0.1, 0.15) is 5.60 Å². The van der Waals surface area contributed by atoms with Crippen molar-refractivity contribution >= 4 is 24.5 Å². The first-order valence-electron chi connectivity index (χ1n) is 11.7. The van der Waals surface area contributed by atoms with E-state index in [9.17, 15) is 4.79 Å². The highest BCUT2D eigenvalue weighted by atomic mass is 28.4. The Bertz CT molecular complexity index is 900. The fraction of sp³-hybridized carbons (Fsp3) is 0.519. The molecule has 0 bridgehead atoms. The van der Waals surface area contributed by atoms with Gasteiger partial charge in [-0.15, -0.1) is 0 Å². The fourth-order valence-corrected chi connectivity index (χ4v) is 10.1. The van der Waals surface area contributed by atoms with E-state index in [0.717, 1.165) is 12.8 Å². The van der Waals surface area contributed by atoms with Gasteiger partial charge in [-0.3, -0.25) is 4.79 Å². The van der Waals surface area contributed by atoms with Crippen LogP contribution < -0.4 is 10.4 Å². The third-order valence-corrected chi connectivity index (χ3v) is 12.2. The van der Waals surface area contributed by atoms with Gasteiger partial charge < -0.3 is 13.9 Å². The number of carbonyl (C=O) groups excluding carboxylic acids is 1. The van der Waals surface area contributed by atoms with Crippen molar-refractivity contribution in [3.05, 3.63) is 60.7 Å². The summed E-state index contributed by atoms with van der Waals surface area (Å²) >= 11 is 0. The van der Waals surface area contributed by atoms with E-state index < -0.39 is 19.5 Å². The first-order chi connectivity index (χ1) is 15.1. The number of benzene rings is 2. The summed E-state index contributed by atoms with van der Waals surface area (Å²) in [5.74, 6) is 0.0693. The summed E-state index contributed by atoms with van der Waals surface area (Å²) in [7, 11) is -2.74. The zero-order valence-corrected chi connectivity index (χ0v) is 21.0. The Hall–Kier alpha value is -1.79. The molecule has 32 heavy (non-hydrogen) atoms. The number of Topliss-reactive ketones (excluding diaryl/α,β-unsaturated/α-hetero) is 1. The van der Waals surface area contributed by atoms with Gasteiger partial charge in [0.2, 0.25) is 0 Å². The largest absolute Gasteiger partial charge is 0.404 e. The molecule has 2 heterocycles. The van der Waals surface area contributed by atoms with Gasteiger partial charge in [-0.05, 0) is 42.1 Å². The van der Waals surface area contributed by atoms with Crippen LogP contribution in [0.15, 0.2) is 60.7 Å². The Labute approximate surface area is 193 Å². The molecule has 0 N–H and O–H groups in total. The van der Waals surface area contributed by atoms with E-state index in [1.807, 2.05) is 19.1 Å². The molecular formula is C27H36O4Si. The van der Waals surface area contributed by atoms with Crippen LogP contribution >= 0.6 is 0 Å². The van der Waals surface area contributed by atoms with E-state index in [-0.39, 0.29) is 23.5 Å². The van der Waals surface area contributed by atoms with Crippen LogP contribution in [0.25, 0.3) is 0 Å². The maximum atomic E-state index is 13.3. The normalized spacial score (nSPS) is 28.9. The first kappa shape index (κ1) is 23.4. The second-order valence-electron chi connectivity index (χ2n) is 10.7. The lowest BCUT2D eigenvalue weighted by atomic mass is 9.80. The molecule has 2 aliphatic heterocycles. The summed E-state index contributed by atoms with van der Waals surface area (Å²) < 4.78 is 19.5. The molecule has 0 saturated carbocycles. The Kier molecular flexibility index (Phi) is 6.23. The van der Waals surface area contributed by atoms with Crippen molar-refractivity contribution < 1.29 is 18.7 Å². The minimum atomic E-state index is -2.74. The highest BCUT2D eigenvalue weighted by molar-refractivity contribution is 6.99. The van der Waals surface area contributed by atoms with Gasteiger partial charge in [-0.25, -0.2) is 0 Å². The minimum absolute atomic E-state index is 0.0693. The Balaban J connectivity index is 1.73. The van der Waals surface area contributed by atoms with E-state index in [2.05, 4.69) is 76.2 Å². The van der Waals surface area contributed by atoms with Crippen molar-refractivity contribution in [2.24, 2.45) is 0 Å². The predicted molar refractivity (Wildman–Crippen MR) is 130 cm³/mol. The highest BCUT2D eigenvalue weighted by Gasteiger charge is 2.56. The van der Waals surface area contributed by atoms with Crippen LogP contribution in [0.2, 0.25) is 5.04 Å². The minimum Gasteiger partial charge on any atom is -0.404 e. The van der Waals surface area contributed by atoms with Crippen LogP contribution in [-0.4, -0.2) is 44.6 Å². The summed E-state index contributed by atoms with van der Waals surface area (Å²) in [6.07, 6.45) is 2.08. The molecule has 0 spiro atoms. The molecule has 2 saturated heterocycles. The molecule has 3 atom stereocenters. The SMILES string of the molecule is CC(C)(C)[Si](OC[C@@]1(C)O[C@@]2(C)CCCO[C@@H]2CC1=O)(c1ccccc1)c1ccccc1. The molecule has 172 valence electrons. The van der Waals surface area contributed by atoms with Crippen molar-refractivity contribution in [2.75, 3.05) is 13.2 Å². The summed E-state index contributed by atoms with van der Waals surface area (Å²) in [6.45, 7) is 11.7. The van der Waals surface area contributed by atoms with E-state index in [4.69, 9.17) is 13.9 Å². The number of carbonyl (C=O) groups is 1. The molecule has 4 rings (SSSR count). The van der Waals surface area contributed by atoms with Crippen molar-refractivity contribution in [1.82, 2.24) is 0 Å². The van der Waals surface area contributed by atoms with Gasteiger partial charge in [0, 0.05) is 13.0 Å². The average molecular weight is 453 g/mol. The lowest BCUT2D eigenvalue weighted by Gasteiger charge is -2.51. The third kappa shape index (κ3) is 4.00. The smallest absolute Gasteiger partial charge is 0.261 e. The number of rotatable bonds is 5. The Morgan fingerprint density at radius 3 is 2.09 bits per heavy atom. The summed E-state index contributed by atoms with van der Waals surface area (Å²) in [6, 6.07) is 21.0. The molecule has 0 radical (unpaired) electrons. The van der Waals surface area contributed by atoms with E-state index in [1.54, 1.807) is 0 Å². The first-order valence-corrected chi connectivity index (χ1v) is 13.6. The lowest BCUT2D eigenvalue weighted by molar-refractivity contribution is -0.246. The molecule has 0 aromatic heterocycles. The Morgan fingerprint density at radius 1 is 1.00 bits per heavy atom. The van der Waals surface area contributed by atoms with Gasteiger partial charge in [0.05, 0.1) is 18.3 Å². The number of fused-ring (bicyclic) bond motifs is 1. The zero-order chi connectivity index (χ0) is 23.0. The van der Waals surface area contributed by atoms with Crippen molar-refractivity contribution in [2.45, 2.75) is 76.2 Å². The van der Waals surface area contributed by atoms with Gasteiger partial charge in [0.15, 0.2) is 5.78 Å². The van der Waals surface area contributed by atoms with E-state index in [1.165, 1.54) is 10.4 Å². The average Bonchev–Trinajstić information content (AvgIpc) is 2.76. The molecular weight excluding hydrogens is 416 g/mol. The molecule has 2 fully saturated rings. The molecule has 5 heteroatoms. The quantitative estimate of drug-likeness (QED) is 0.636. The predicted octanol–water partition coefficient (Wildman–Crippen LogP) is 4.25. The topological polar surface area (TPSA) is 44.8 Å². The zero-order valence-electron chi connectivity index (χ0n) is 20.0. The van der Waals surface area contributed by atoms with Crippen molar-refractivity contribution in [3.8, 4) is 0 Å². The molecule has 0 amide bonds. The highest BCUT2D eigenvalue weighted by Crippen LogP contribution is 2.42. The van der Waals surface area contributed by atoms with Crippen molar-refractivity contribution in [1.29, 1.82) is 0 Å². The number of hydrogen-bond donors (Lipinski definition) is 0. The number of ether oxygens (including phenoxy) is 2. The molecule has 2 aromatic rings. The standard InChI is InChI=1S/C27H36O4Si/c1-25(2,3)32(21-13-8-6-9-14-21,22-15-10-7-11-16-22)30-20-27(5)23(28)19-24-26(4,31-27)17-12-18-29-24/h6-11,13-16,24H,12,17-20H2,1-5H3/t24-,26+,27-/m1/s1. The molecule has 4 nitrogen and oxygen atoms in total. The summed E-state index contributed by atoms with van der Waals surface area (Å²) in [5, 5.41) is 2.26. The van der Waals surface area contributed by atoms with E-state index in [0.29, 0.717) is 13.0 Å². The van der Waals surface area contributed by atoms with Crippen LogP contribution in [0.5, 0.6) is 0 Å². The van der Waals surface area contributed by atoms with Crippen LogP contribution in [0, 0.1) is 0 Å².